The molecule has 0 amide bonds. The Morgan fingerprint density at radius 3 is 1.93 bits per heavy atom. The minimum absolute atomic E-state index is 0.536. The number of nitrogens with one attached hydrogen (secondary N) is 1. The molecule has 5 nitrogen and oxygen atoms in total. The van der Waals surface area contributed by atoms with Crippen LogP contribution in [0.15, 0.2) is 72.8 Å². The number of anilines is 2. The monoisotopic (exact) mass is 392 g/mol. The lowest BCUT2D eigenvalue weighted by molar-refractivity contribution is 0.237. The summed E-state index contributed by atoms with van der Waals surface area (Å²) in [5.74, 6) is 0. The molecular weight excluding hydrogens is 372 g/mol. The molecule has 0 fully saturated rings. The molecule has 1 atom stereocenters. The van der Waals surface area contributed by atoms with Gasteiger partial charge in [-0.05, 0) is 36.8 Å². The van der Waals surface area contributed by atoms with Gasteiger partial charge in [-0.2, -0.15) is 8.42 Å². The maximum absolute atomic E-state index is 11.3. The van der Waals surface area contributed by atoms with Crippen LogP contribution in [0.5, 0.6) is 0 Å². The smallest absolute Gasteiger partial charge is 0.264 e. The summed E-state index contributed by atoms with van der Waals surface area (Å²) >= 11 is 0. The Hall–Kier alpha value is -2.96. The third-order valence-corrected chi connectivity index (χ3v) is 5.19. The number of aromatic nitrogens is 1. The topological polar surface area (TPSA) is 68.3 Å². The van der Waals surface area contributed by atoms with Crippen molar-refractivity contribution in [1.29, 1.82) is 0 Å². The van der Waals surface area contributed by atoms with Gasteiger partial charge in [-0.25, -0.2) is 4.98 Å². The Kier molecular flexibility index (Phi) is 4.75. The second-order valence-electron chi connectivity index (χ2n) is 6.71. The van der Waals surface area contributed by atoms with Crippen molar-refractivity contribution in [2.45, 2.75) is 13.0 Å². The first kappa shape index (κ1) is 18.4. The van der Waals surface area contributed by atoms with Crippen LogP contribution in [-0.2, 0) is 14.3 Å². The molecule has 0 aliphatic rings. The second kappa shape index (κ2) is 7.22. The summed E-state index contributed by atoms with van der Waals surface area (Å²) in [4.78, 5) is 4.74. The number of nitrogens with zero attached hydrogens (tertiary/aromatic N) is 1. The minimum atomic E-state index is -3.50. The van der Waals surface area contributed by atoms with Gasteiger partial charge in [0, 0.05) is 16.5 Å². The van der Waals surface area contributed by atoms with E-state index in [4.69, 9.17) is 9.17 Å². The summed E-state index contributed by atoms with van der Waals surface area (Å²) in [6.45, 7) is 1.72. The lowest BCUT2D eigenvalue weighted by Gasteiger charge is -2.15. The standard InChI is InChI=1S/C22H20N2O3S/c1-15(27-28(2,25)26)16-11-13-17(14-12-16)23-22-18-7-3-5-9-20(18)24-21-10-6-4-8-19(21)22/h3-15H,1-2H3,(H,23,24). The maximum atomic E-state index is 11.3. The predicted molar refractivity (Wildman–Crippen MR) is 113 cm³/mol. The maximum Gasteiger partial charge on any atom is 0.264 e. The molecule has 142 valence electrons. The van der Waals surface area contributed by atoms with Crippen LogP contribution in [0.3, 0.4) is 0 Å². The van der Waals surface area contributed by atoms with Crippen LogP contribution in [0.25, 0.3) is 21.8 Å². The van der Waals surface area contributed by atoms with Crippen molar-refractivity contribution < 1.29 is 12.6 Å². The van der Waals surface area contributed by atoms with Gasteiger partial charge in [0.2, 0.25) is 0 Å². The van der Waals surface area contributed by atoms with Gasteiger partial charge in [0.15, 0.2) is 0 Å². The average molecular weight is 392 g/mol. The van der Waals surface area contributed by atoms with E-state index in [9.17, 15) is 8.42 Å². The van der Waals surface area contributed by atoms with Crippen molar-refractivity contribution in [3.05, 3.63) is 78.4 Å². The molecule has 0 saturated heterocycles. The van der Waals surface area contributed by atoms with Crippen LogP contribution in [-0.4, -0.2) is 19.7 Å². The molecule has 0 spiro atoms. The Morgan fingerprint density at radius 2 is 1.39 bits per heavy atom. The molecular formula is C22H20N2O3S. The number of para-hydroxylation sites is 2. The van der Waals surface area contributed by atoms with Gasteiger partial charge in [-0.1, -0.05) is 48.5 Å². The van der Waals surface area contributed by atoms with E-state index in [2.05, 4.69) is 5.32 Å². The van der Waals surface area contributed by atoms with E-state index in [1.165, 1.54) is 0 Å². The molecule has 0 bridgehead atoms. The highest BCUT2D eigenvalue weighted by Crippen LogP contribution is 2.33. The number of pyridine rings is 1. The summed E-state index contributed by atoms with van der Waals surface area (Å²) in [6, 6.07) is 23.6. The van der Waals surface area contributed by atoms with Crippen molar-refractivity contribution in [2.24, 2.45) is 0 Å². The van der Waals surface area contributed by atoms with Crippen LogP contribution < -0.4 is 5.32 Å². The molecule has 0 saturated carbocycles. The first-order valence-electron chi connectivity index (χ1n) is 8.93. The van der Waals surface area contributed by atoms with Gasteiger partial charge in [-0.15, -0.1) is 0 Å². The van der Waals surface area contributed by atoms with Crippen LogP contribution in [0.4, 0.5) is 11.4 Å². The van der Waals surface area contributed by atoms with E-state index in [0.717, 1.165) is 45.0 Å². The predicted octanol–water partition coefficient (Wildman–Crippen LogP) is 5.17. The van der Waals surface area contributed by atoms with Crippen LogP contribution in [0, 0.1) is 0 Å². The van der Waals surface area contributed by atoms with E-state index >= 15 is 0 Å². The van der Waals surface area contributed by atoms with Gasteiger partial charge < -0.3 is 5.32 Å². The van der Waals surface area contributed by atoms with E-state index in [1.807, 2.05) is 72.8 Å². The van der Waals surface area contributed by atoms with E-state index in [-0.39, 0.29) is 0 Å². The quantitative estimate of drug-likeness (QED) is 0.375. The van der Waals surface area contributed by atoms with Gasteiger partial charge >= 0.3 is 0 Å². The molecule has 3 aromatic carbocycles. The van der Waals surface area contributed by atoms with Crippen molar-refractivity contribution >= 4 is 43.3 Å². The second-order valence-corrected chi connectivity index (χ2v) is 8.31. The van der Waals surface area contributed by atoms with Crippen molar-refractivity contribution in [3.63, 3.8) is 0 Å². The molecule has 1 heterocycles. The highest BCUT2D eigenvalue weighted by Gasteiger charge is 2.13. The highest BCUT2D eigenvalue weighted by molar-refractivity contribution is 7.86. The molecule has 0 aliphatic heterocycles. The van der Waals surface area contributed by atoms with Crippen molar-refractivity contribution in [3.8, 4) is 0 Å². The first-order valence-corrected chi connectivity index (χ1v) is 10.7. The lowest BCUT2D eigenvalue weighted by atomic mass is 10.1. The normalized spacial score (nSPS) is 12.9. The Bertz CT molecular complexity index is 1200. The lowest BCUT2D eigenvalue weighted by Crippen LogP contribution is -2.07. The van der Waals surface area contributed by atoms with E-state index in [0.29, 0.717) is 0 Å². The zero-order valence-electron chi connectivity index (χ0n) is 15.6. The van der Waals surface area contributed by atoms with Gasteiger partial charge in [0.1, 0.15) is 0 Å². The Morgan fingerprint density at radius 1 is 0.857 bits per heavy atom. The van der Waals surface area contributed by atoms with E-state index in [1.54, 1.807) is 6.92 Å². The molecule has 4 rings (SSSR count). The molecule has 0 aliphatic carbocycles. The van der Waals surface area contributed by atoms with Crippen molar-refractivity contribution in [1.82, 2.24) is 4.98 Å². The minimum Gasteiger partial charge on any atom is -0.354 e. The molecule has 1 N–H and O–H groups in total. The summed E-state index contributed by atoms with van der Waals surface area (Å²) in [5.41, 5.74) is 4.54. The Labute approximate surface area is 164 Å². The average Bonchev–Trinajstić information content (AvgIpc) is 2.67. The number of fused-ring (bicyclic) bond motifs is 2. The zero-order chi connectivity index (χ0) is 19.7. The van der Waals surface area contributed by atoms with Gasteiger partial charge in [0.25, 0.3) is 10.1 Å². The third kappa shape index (κ3) is 3.83. The Balaban J connectivity index is 1.71. The summed E-state index contributed by atoms with van der Waals surface area (Å²) in [5, 5.41) is 5.59. The molecule has 0 radical (unpaired) electrons. The first-order chi connectivity index (χ1) is 13.4. The molecule has 1 unspecified atom stereocenters. The summed E-state index contributed by atoms with van der Waals surface area (Å²) in [7, 11) is -3.50. The fourth-order valence-corrected chi connectivity index (χ4v) is 3.91. The molecule has 6 heteroatoms. The fourth-order valence-electron chi connectivity index (χ4n) is 3.27. The molecule has 1 aromatic heterocycles. The van der Waals surface area contributed by atoms with Crippen molar-refractivity contribution in [2.75, 3.05) is 11.6 Å². The number of rotatable bonds is 5. The zero-order valence-corrected chi connectivity index (χ0v) is 16.4. The number of benzene rings is 3. The van der Waals surface area contributed by atoms with Crippen LogP contribution in [0.2, 0.25) is 0 Å². The van der Waals surface area contributed by atoms with Gasteiger partial charge in [0.05, 0.1) is 29.1 Å². The highest BCUT2D eigenvalue weighted by atomic mass is 32.2. The van der Waals surface area contributed by atoms with Gasteiger partial charge in [-0.3, -0.25) is 4.18 Å². The SMILES string of the molecule is CC(OS(C)(=O)=O)c1ccc(Nc2c3ccccc3nc3ccccc23)cc1. The molecule has 4 aromatic rings. The molecule has 28 heavy (non-hydrogen) atoms. The third-order valence-electron chi connectivity index (χ3n) is 4.56. The fraction of sp³-hybridized carbons (Fsp3) is 0.136. The number of hydrogen-bond acceptors (Lipinski definition) is 5. The largest absolute Gasteiger partial charge is 0.354 e. The van der Waals surface area contributed by atoms with E-state index < -0.39 is 16.2 Å². The number of hydrogen-bond donors (Lipinski definition) is 1. The summed E-state index contributed by atoms with van der Waals surface area (Å²) < 4.78 is 27.7. The summed E-state index contributed by atoms with van der Waals surface area (Å²) in [6.07, 6.45) is 0.519. The van der Waals surface area contributed by atoms with Crippen LogP contribution in [0.1, 0.15) is 18.6 Å². The van der Waals surface area contributed by atoms with Crippen LogP contribution >= 0.6 is 0 Å².